The number of fused-ring (bicyclic) bond motifs is 1. The Kier molecular flexibility index (Phi) is 8.20. The number of carboxylic acids is 1. The first-order valence-corrected chi connectivity index (χ1v) is 11.4. The fourth-order valence-corrected chi connectivity index (χ4v) is 4.97. The maximum atomic E-state index is 13.5. The van der Waals surface area contributed by atoms with Crippen molar-refractivity contribution in [3.05, 3.63) is 80.5 Å². The Morgan fingerprint density at radius 3 is 2.42 bits per heavy atom. The number of carbonyl (C=O) groups is 2. The maximum absolute atomic E-state index is 13.5. The Morgan fingerprint density at radius 2 is 1.79 bits per heavy atom. The van der Waals surface area contributed by atoms with Crippen LogP contribution in [0.2, 0.25) is 0 Å². The van der Waals surface area contributed by atoms with Crippen molar-refractivity contribution in [2.45, 2.75) is 20.3 Å². The number of thiophene rings is 1. The molecule has 162 valence electrons. The smallest absolute Gasteiger partial charge is 0.545 e. The van der Waals surface area contributed by atoms with Gasteiger partial charge in [-0.25, -0.2) is 0 Å². The summed E-state index contributed by atoms with van der Waals surface area (Å²) < 4.78 is 13.7. The molecule has 4 rings (SSSR count). The number of methoxy groups -OCH3 is 1. The molecule has 0 aliphatic rings. The number of ether oxygens (including phenoxy) is 1. The quantitative estimate of drug-likeness (QED) is 0.220. The van der Waals surface area contributed by atoms with Crippen molar-refractivity contribution >= 4 is 51.4 Å². The van der Waals surface area contributed by atoms with E-state index in [0.717, 1.165) is 34.2 Å². The van der Waals surface area contributed by atoms with Gasteiger partial charge in [0.05, 0.1) is 29.7 Å². The molecule has 6 nitrogen and oxygen atoms in total. The maximum Gasteiger partial charge on any atom is 1.00 e. The molecular formula is C24H19N2NaO4S2. The van der Waals surface area contributed by atoms with Crippen molar-refractivity contribution in [1.82, 2.24) is 8.75 Å². The van der Waals surface area contributed by atoms with Gasteiger partial charge in [-0.15, -0.1) is 11.3 Å². The first-order valence-electron chi connectivity index (χ1n) is 9.78. The summed E-state index contributed by atoms with van der Waals surface area (Å²) in [6.45, 7) is 3.80. The summed E-state index contributed by atoms with van der Waals surface area (Å²) in [7, 11) is 1.59. The number of hydrogen-bond acceptors (Lipinski definition) is 8. The molecule has 0 saturated heterocycles. The summed E-state index contributed by atoms with van der Waals surface area (Å²) in [5.74, 6) is -1.01. The number of aromatic nitrogens is 2. The third-order valence-electron chi connectivity index (χ3n) is 5.12. The number of nitrogens with zero attached hydrogens (tertiary/aromatic N) is 2. The van der Waals surface area contributed by atoms with Crippen LogP contribution in [0.25, 0.3) is 16.6 Å². The molecule has 0 unspecified atom stereocenters. The van der Waals surface area contributed by atoms with Crippen LogP contribution in [0.15, 0.2) is 53.4 Å². The molecule has 0 amide bonds. The average Bonchev–Trinajstić information content (AvgIpc) is 3.41. The zero-order valence-corrected chi connectivity index (χ0v) is 22.3. The predicted molar refractivity (Wildman–Crippen MR) is 124 cm³/mol. The molecule has 9 heteroatoms. The zero-order valence-electron chi connectivity index (χ0n) is 18.7. The van der Waals surface area contributed by atoms with E-state index in [1.807, 2.05) is 37.4 Å². The van der Waals surface area contributed by atoms with Gasteiger partial charge in [0.25, 0.3) is 0 Å². The van der Waals surface area contributed by atoms with Gasteiger partial charge >= 0.3 is 29.6 Å². The summed E-state index contributed by atoms with van der Waals surface area (Å²) >= 11 is 2.34. The van der Waals surface area contributed by atoms with E-state index in [1.165, 1.54) is 11.3 Å². The normalized spacial score (nSPS) is 11.6. The van der Waals surface area contributed by atoms with Crippen molar-refractivity contribution in [3.63, 3.8) is 0 Å². The molecule has 0 fully saturated rings. The number of rotatable bonds is 7. The minimum atomic E-state index is -1.41. The van der Waals surface area contributed by atoms with Crippen molar-refractivity contribution in [1.29, 1.82) is 0 Å². The molecule has 0 radical (unpaired) electrons. The van der Waals surface area contributed by atoms with Gasteiger partial charge in [-0.1, -0.05) is 18.2 Å². The second-order valence-electron chi connectivity index (χ2n) is 7.41. The number of allylic oxidation sites excluding steroid dienone is 1. The summed E-state index contributed by atoms with van der Waals surface area (Å²) in [4.78, 5) is 26.3. The van der Waals surface area contributed by atoms with E-state index in [0.29, 0.717) is 21.5 Å². The number of hydrogen-bond donors (Lipinski definition) is 0. The van der Waals surface area contributed by atoms with Crippen LogP contribution >= 0.6 is 23.1 Å². The Morgan fingerprint density at radius 1 is 1.03 bits per heavy atom. The van der Waals surface area contributed by atoms with Crippen LogP contribution in [0, 0.1) is 13.8 Å². The molecular weight excluding hydrogens is 467 g/mol. The van der Waals surface area contributed by atoms with Gasteiger partial charge in [0.15, 0.2) is 5.78 Å². The van der Waals surface area contributed by atoms with Crippen LogP contribution in [-0.4, -0.2) is 27.6 Å². The zero-order chi connectivity index (χ0) is 22.8. The van der Waals surface area contributed by atoms with Crippen LogP contribution < -0.4 is 39.4 Å². The molecule has 2 heterocycles. The Labute approximate surface area is 221 Å². The van der Waals surface area contributed by atoms with Crippen molar-refractivity contribution in [2.24, 2.45) is 0 Å². The fraction of sp³-hybridized carbons (Fsp3) is 0.167. The van der Waals surface area contributed by atoms with Crippen LogP contribution in [0.5, 0.6) is 5.75 Å². The molecule has 33 heavy (non-hydrogen) atoms. The van der Waals surface area contributed by atoms with Crippen LogP contribution in [0.4, 0.5) is 0 Å². The number of carbonyl (C=O) groups excluding carboxylic acids is 2. The molecule has 0 atom stereocenters. The minimum absolute atomic E-state index is 0. The number of Topliss-reactive ketones (excluding diaryl/α,β-unsaturated/α-hetero) is 1. The van der Waals surface area contributed by atoms with E-state index in [-0.39, 0.29) is 52.9 Å². The standard InChI is InChI=1S/C24H20N2O4S2.Na/c1-13-8-21(31-12-13)23(27)17(10-15-4-7-20(30-3)14(2)9-15)22(24(28)29)16-5-6-18-19(11-16)26-32-25-18;/h4-9,11-12H,10H2,1-3H3,(H,28,29);/q;+1/p-1. The van der Waals surface area contributed by atoms with E-state index < -0.39 is 5.97 Å². The third-order valence-corrected chi connectivity index (χ3v) is 6.72. The summed E-state index contributed by atoms with van der Waals surface area (Å²) in [6.07, 6.45) is 0.136. The summed E-state index contributed by atoms with van der Waals surface area (Å²) in [5, 5.41) is 14.2. The van der Waals surface area contributed by atoms with Crippen molar-refractivity contribution in [2.75, 3.05) is 7.11 Å². The Balaban J connectivity index is 0.00000306. The van der Waals surface area contributed by atoms with Crippen LogP contribution in [-0.2, 0) is 11.2 Å². The predicted octanol–water partition coefficient (Wildman–Crippen LogP) is 1.01. The molecule has 0 N–H and O–H groups in total. The van der Waals surface area contributed by atoms with Crippen LogP contribution in [0.1, 0.15) is 31.9 Å². The Hall–Kier alpha value is -2.36. The van der Waals surface area contributed by atoms with E-state index in [1.54, 1.807) is 31.4 Å². The number of aryl methyl sites for hydroxylation is 2. The van der Waals surface area contributed by atoms with Crippen molar-refractivity contribution in [3.8, 4) is 5.75 Å². The fourth-order valence-electron chi connectivity index (χ4n) is 3.59. The number of ketones is 1. The largest absolute Gasteiger partial charge is 1.00 e. The monoisotopic (exact) mass is 486 g/mol. The number of aliphatic carboxylic acids is 1. The van der Waals surface area contributed by atoms with Gasteiger partial charge in [-0.05, 0) is 65.7 Å². The van der Waals surface area contributed by atoms with Gasteiger partial charge in [0.1, 0.15) is 16.8 Å². The molecule has 0 saturated carbocycles. The molecule has 0 aliphatic heterocycles. The van der Waals surface area contributed by atoms with E-state index in [9.17, 15) is 14.7 Å². The number of carboxylic acid groups (broad SMARTS) is 1. The first-order chi connectivity index (χ1) is 15.4. The molecule has 0 spiro atoms. The van der Waals surface area contributed by atoms with E-state index >= 15 is 0 Å². The molecule has 0 bridgehead atoms. The molecule has 0 aliphatic carbocycles. The van der Waals surface area contributed by atoms with E-state index in [4.69, 9.17) is 4.74 Å². The van der Waals surface area contributed by atoms with E-state index in [2.05, 4.69) is 8.75 Å². The van der Waals surface area contributed by atoms with Gasteiger partial charge in [-0.2, -0.15) is 8.75 Å². The topological polar surface area (TPSA) is 92.2 Å². The van der Waals surface area contributed by atoms with Gasteiger partial charge in [0.2, 0.25) is 0 Å². The number of benzene rings is 2. The average molecular weight is 487 g/mol. The molecule has 2 aromatic carbocycles. The third kappa shape index (κ3) is 5.42. The Bertz CT molecular complexity index is 1370. The minimum Gasteiger partial charge on any atom is -0.545 e. The summed E-state index contributed by atoms with van der Waals surface area (Å²) in [6, 6.07) is 12.3. The first kappa shape index (κ1) is 25.3. The van der Waals surface area contributed by atoms with Gasteiger partial charge < -0.3 is 14.6 Å². The van der Waals surface area contributed by atoms with Crippen LogP contribution in [0.3, 0.4) is 0 Å². The molecule has 2 aromatic heterocycles. The second-order valence-corrected chi connectivity index (χ2v) is 8.85. The molecule has 4 aromatic rings. The van der Waals surface area contributed by atoms with Gasteiger partial charge in [0, 0.05) is 17.6 Å². The van der Waals surface area contributed by atoms with Gasteiger partial charge in [-0.3, -0.25) is 4.79 Å². The summed E-state index contributed by atoms with van der Waals surface area (Å²) in [5.41, 5.74) is 4.29. The SMILES string of the molecule is COc1ccc(CC(C(=O)c2cc(C)cs2)=C(C(=O)[O-])c2ccc3nsnc3c2)cc1C.[Na+]. The second kappa shape index (κ2) is 10.7. The van der Waals surface area contributed by atoms with Crippen molar-refractivity contribution < 1.29 is 49.0 Å².